The molecule has 0 saturated carbocycles. The molecule has 0 spiro atoms. The Morgan fingerprint density at radius 2 is 2.00 bits per heavy atom. The van der Waals surface area contributed by atoms with E-state index in [0.717, 1.165) is 25.1 Å². The van der Waals surface area contributed by atoms with Gasteiger partial charge >= 0.3 is 0 Å². The molecule has 0 aliphatic rings. The lowest BCUT2D eigenvalue weighted by Gasteiger charge is -2.25. The average molecular weight is 265 g/mol. The first kappa shape index (κ1) is 16.0. The van der Waals surface area contributed by atoms with Crippen LogP contribution in [0.15, 0.2) is 18.2 Å². The van der Waals surface area contributed by atoms with Crippen LogP contribution in [0, 0.1) is 0 Å². The summed E-state index contributed by atoms with van der Waals surface area (Å²) in [6.45, 7) is 7.45. The molecule has 3 heteroatoms. The molecule has 1 aromatic rings. The highest BCUT2D eigenvalue weighted by atomic mass is 16.5. The van der Waals surface area contributed by atoms with Gasteiger partial charge in [0.1, 0.15) is 5.75 Å². The Morgan fingerprint density at radius 3 is 2.53 bits per heavy atom. The first-order valence-corrected chi connectivity index (χ1v) is 6.92. The molecular formula is C16H27NO2. The zero-order valence-electron chi connectivity index (χ0n) is 12.9. The Kier molecular flexibility index (Phi) is 5.83. The van der Waals surface area contributed by atoms with Crippen LogP contribution in [-0.2, 0) is 12.8 Å². The van der Waals surface area contributed by atoms with Crippen molar-refractivity contribution in [2.24, 2.45) is 0 Å². The first-order valence-electron chi connectivity index (χ1n) is 6.92. The number of ether oxygens (including phenoxy) is 1. The second-order valence-corrected chi connectivity index (χ2v) is 5.80. The Balaban J connectivity index is 2.58. The van der Waals surface area contributed by atoms with Gasteiger partial charge in [0.25, 0.3) is 0 Å². The molecule has 0 bridgehead atoms. The van der Waals surface area contributed by atoms with Gasteiger partial charge in [0.15, 0.2) is 0 Å². The van der Waals surface area contributed by atoms with Gasteiger partial charge in [-0.2, -0.15) is 0 Å². The van der Waals surface area contributed by atoms with E-state index in [4.69, 9.17) is 4.74 Å². The number of hydrogen-bond acceptors (Lipinski definition) is 3. The summed E-state index contributed by atoms with van der Waals surface area (Å²) in [5, 5.41) is 9.78. The first-order chi connectivity index (χ1) is 8.85. The highest BCUT2D eigenvalue weighted by Gasteiger charge is 2.15. The van der Waals surface area contributed by atoms with E-state index in [1.54, 1.807) is 7.11 Å². The SMILES string of the molecule is CCc1cc(CCN(C)CC(C)(C)O)ccc1OC. The number of hydrogen-bond donors (Lipinski definition) is 1. The van der Waals surface area contributed by atoms with Crippen molar-refractivity contribution in [2.75, 3.05) is 27.2 Å². The summed E-state index contributed by atoms with van der Waals surface area (Å²) in [5.41, 5.74) is 1.94. The van der Waals surface area contributed by atoms with Crippen molar-refractivity contribution < 1.29 is 9.84 Å². The predicted octanol–water partition coefficient (Wildman–Crippen LogP) is 2.50. The van der Waals surface area contributed by atoms with E-state index in [1.807, 2.05) is 27.0 Å². The van der Waals surface area contributed by atoms with Crippen LogP contribution in [-0.4, -0.2) is 42.9 Å². The quantitative estimate of drug-likeness (QED) is 0.822. The van der Waals surface area contributed by atoms with Crippen molar-refractivity contribution >= 4 is 0 Å². The standard InChI is InChI=1S/C16H27NO2/c1-6-14-11-13(7-8-15(14)19-5)9-10-17(4)12-16(2,3)18/h7-8,11,18H,6,9-10,12H2,1-5H3. The van der Waals surface area contributed by atoms with Crippen LogP contribution >= 0.6 is 0 Å². The molecule has 1 rings (SSSR count). The highest BCUT2D eigenvalue weighted by molar-refractivity contribution is 5.37. The number of methoxy groups -OCH3 is 1. The molecule has 0 atom stereocenters. The van der Waals surface area contributed by atoms with Gasteiger partial charge in [-0.15, -0.1) is 0 Å². The largest absolute Gasteiger partial charge is 0.496 e. The summed E-state index contributed by atoms with van der Waals surface area (Å²) in [5.74, 6) is 0.969. The van der Waals surface area contributed by atoms with Gasteiger partial charge in [0.2, 0.25) is 0 Å². The van der Waals surface area contributed by atoms with Crippen LogP contribution in [0.3, 0.4) is 0 Å². The topological polar surface area (TPSA) is 32.7 Å². The maximum Gasteiger partial charge on any atom is 0.122 e. The lowest BCUT2D eigenvalue weighted by atomic mass is 10.0. The van der Waals surface area contributed by atoms with Crippen molar-refractivity contribution in [3.8, 4) is 5.75 Å². The Bertz CT molecular complexity index is 396. The van der Waals surface area contributed by atoms with Crippen molar-refractivity contribution in [1.29, 1.82) is 0 Å². The lowest BCUT2D eigenvalue weighted by Crippen LogP contribution is -2.37. The van der Waals surface area contributed by atoms with E-state index in [9.17, 15) is 5.11 Å². The Morgan fingerprint density at radius 1 is 1.32 bits per heavy atom. The Labute approximate surface area is 117 Å². The van der Waals surface area contributed by atoms with Crippen molar-refractivity contribution in [3.05, 3.63) is 29.3 Å². The molecule has 0 aliphatic heterocycles. The fourth-order valence-electron chi connectivity index (χ4n) is 2.32. The molecule has 0 aliphatic carbocycles. The van der Waals surface area contributed by atoms with Gasteiger partial charge in [-0.05, 0) is 50.9 Å². The van der Waals surface area contributed by atoms with Gasteiger partial charge in [0, 0.05) is 13.1 Å². The smallest absolute Gasteiger partial charge is 0.122 e. The van der Waals surface area contributed by atoms with E-state index in [-0.39, 0.29) is 0 Å². The summed E-state index contributed by atoms with van der Waals surface area (Å²) < 4.78 is 5.34. The molecule has 19 heavy (non-hydrogen) atoms. The van der Waals surface area contributed by atoms with Crippen LogP contribution in [0.5, 0.6) is 5.75 Å². The fourth-order valence-corrected chi connectivity index (χ4v) is 2.32. The normalized spacial score (nSPS) is 11.9. The molecule has 0 amide bonds. The molecule has 1 aromatic carbocycles. The molecule has 1 N–H and O–H groups in total. The maximum absolute atomic E-state index is 9.78. The summed E-state index contributed by atoms with van der Waals surface area (Å²) in [6.07, 6.45) is 1.97. The minimum atomic E-state index is -0.636. The van der Waals surface area contributed by atoms with Crippen molar-refractivity contribution in [2.45, 2.75) is 39.2 Å². The number of aryl methyl sites for hydroxylation is 1. The molecular weight excluding hydrogens is 238 g/mol. The van der Waals surface area contributed by atoms with Gasteiger partial charge in [-0.3, -0.25) is 0 Å². The number of aliphatic hydroxyl groups is 1. The number of likely N-dealkylation sites (N-methyl/N-ethyl adjacent to an activating group) is 1. The Hall–Kier alpha value is -1.06. The third kappa shape index (κ3) is 5.62. The van der Waals surface area contributed by atoms with Crippen molar-refractivity contribution in [1.82, 2.24) is 4.90 Å². The monoisotopic (exact) mass is 265 g/mol. The van der Waals surface area contributed by atoms with Gasteiger partial charge in [0.05, 0.1) is 12.7 Å². The molecule has 0 fully saturated rings. The number of rotatable bonds is 7. The molecule has 0 radical (unpaired) electrons. The van der Waals surface area contributed by atoms with Crippen LogP contribution in [0.25, 0.3) is 0 Å². The van der Waals surface area contributed by atoms with E-state index >= 15 is 0 Å². The minimum Gasteiger partial charge on any atom is -0.496 e. The van der Waals surface area contributed by atoms with E-state index in [2.05, 4.69) is 24.0 Å². The lowest BCUT2D eigenvalue weighted by molar-refractivity contribution is 0.0450. The van der Waals surface area contributed by atoms with Crippen LogP contribution in [0.2, 0.25) is 0 Å². The van der Waals surface area contributed by atoms with Crippen LogP contribution < -0.4 is 4.74 Å². The zero-order chi connectivity index (χ0) is 14.5. The fraction of sp³-hybridized carbons (Fsp3) is 0.625. The third-order valence-corrected chi connectivity index (χ3v) is 3.16. The van der Waals surface area contributed by atoms with Crippen molar-refractivity contribution in [3.63, 3.8) is 0 Å². The molecule has 3 nitrogen and oxygen atoms in total. The average Bonchev–Trinajstić information content (AvgIpc) is 2.33. The third-order valence-electron chi connectivity index (χ3n) is 3.16. The van der Waals surface area contributed by atoms with E-state index in [1.165, 1.54) is 11.1 Å². The summed E-state index contributed by atoms with van der Waals surface area (Å²) in [4.78, 5) is 2.16. The zero-order valence-corrected chi connectivity index (χ0v) is 12.9. The van der Waals surface area contributed by atoms with E-state index in [0.29, 0.717) is 6.54 Å². The van der Waals surface area contributed by atoms with E-state index < -0.39 is 5.60 Å². The van der Waals surface area contributed by atoms with Gasteiger partial charge < -0.3 is 14.7 Å². The number of nitrogens with zero attached hydrogens (tertiary/aromatic N) is 1. The highest BCUT2D eigenvalue weighted by Crippen LogP contribution is 2.20. The molecule has 108 valence electrons. The second kappa shape index (κ2) is 6.92. The molecule has 0 heterocycles. The molecule has 0 unspecified atom stereocenters. The summed E-state index contributed by atoms with van der Waals surface area (Å²) in [7, 11) is 3.76. The number of benzene rings is 1. The minimum absolute atomic E-state index is 0.636. The summed E-state index contributed by atoms with van der Waals surface area (Å²) >= 11 is 0. The molecule has 0 aromatic heterocycles. The van der Waals surface area contributed by atoms with Gasteiger partial charge in [-0.1, -0.05) is 19.1 Å². The van der Waals surface area contributed by atoms with Crippen LogP contribution in [0.1, 0.15) is 31.9 Å². The molecule has 0 saturated heterocycles. The predicted molar refractivity (Wildman–Crippen MR) is 79.9 cm³/mol. The summed E-state index contributed by atoms with van der Waals surface area (Å²) in [6, 6.07) is 6.39. The van der Waals surface area contributed by atoms with Gasteiger partial charge in [-0.25, -0.2) is 0 Å². The van der Waals surface area contributed by atoms with Crippen LogP contribution in [0.4, 0.5) is 0 Å². The maximum atomic E-state index is 9.78. The second-order valence-electron chi connectivity index (χ2n) is 5.80.